The second-order valence-electron chi connectivity index (χ2n) is 5.19. The molecule has 6 heteroatoms. The molecule has 0 saturated carbocycles. The molecule has 0 aliphatic carbocycles. The van der Waals surface area contributed by atoms with Gasteiger partial charge in [0.15, 0.2) is 0 Å². The van der Waals surface area contributed by atoms with Crippen LogP contribution in [0.3, 0.4) is 0 Å². The Balaban J connectivity index is 1.45. The van der Waals surface area contributed by atoms with Crippen LogP contribution in [0.4, 0.5) is 4.79 Å². The number of benzene rings is 1. The Morgan fingerprint density at radius 1 is 1.09 bits per heavy atom. The normalized spacial score (nSPS) is 10.7. The summed E-state index contributed by atoms with van der Waals surface area (Å²) < 4.78 is 2.97. The molecule has 0 radical (unpaired) electrons. The molecule has 0 aliphatic rings. The molecule has 2 amide bonds. The lowest BCUT2D eigenvalue weighted by Gasteiger charge is -2.06. The molecule has 1 aromatic carbocycles. The standard InChI is InChI=1S/C17H17BrN4O/c18-14-6-7-16-21-15(12-22(16)11-14)8-9-19-17(23)20-10-13-4-2-1-3-5-13/h1-7,11-12H,8-10H2,(H2,19,20,23). The Labute approximate surface area is 142 Å². The van der Waals surface area contributed by atoms with Crippen molar-refractivity contribution in [3.8, 4) is 0 Å². The van der Waals surface area contributed by atoms with E-state index in [9.17, 15) is 4.79 Å². The van der Waals surface area contributed by atoms with E-state index in [0.29, 0.717) is 19.5 Å². The van der Waals surface area contributed by atoms with Crippen LogP contribution in [-0.2, 0) is 13.0 Å². The van der Waals surface area contributed by atoms with Crippen molar-refractivity contribution in [3.63, 3.8) is 0 Å². The van der Waals surface area contributed by atoms with Crippen molar-refractivity contribution >= 4 is 27.6 Å². The van der Waals surface area contributed by atoms with E-state index in [2.05, 4.69) is 31.5 Å². The van der Waals surface area contributed by atoms with E-state index in [0.717, 1.165) is 21.4 Å². The summed E-state index contributed by atoms with van der Waals surface area (Å²) >= 11 is 3.44. The highest BCUT2D eigenvalue weighted by molar-refractivity contribution is 9.10. The Bertz CT molecular complexity index is 801. The first kappa shape index (κ1) is 15.6. The van der Waals surface area contributed by atoms with E-state index in [4.69, 9.17) is 0 Å². The number of carbonyl (C=O) groups is 1. The first-order valence-electron chi connectivity index (χ1n) is 7.39. The first-order chi connectivity index (χ1) is 11.2. The summed E-state index contributed by atoms with van der Waals surface area (Å²) in [4.78, 5) is 16.3. The lowest BCUT2D eigenvalue weighted by Crippen LogP contribution is -2.36. The number of pyridine rings is 1. The zero-order valence-electron chi connectivity index (χ0n) is 12.5. The Hall–Kier alpha value is -2.34. The maximum absolute atomic E-state index is 11.8. The Kier molecular flexibility index (Phi) is 4.92. The van der Waals surface area contributed by atoms with Crippen molar-refractivity contribution in [2.45, 2.75) is 13.0 Å². The molecule has 2 aromatic heterocycles. The zero-order chi connectivity index (χ0) is 16.1. The summed E-state index contributed by atoms with van der Waals surface area (Å²) in [6, 6.07) is 13.6. The SMILES string of the molecule is O=C(NCCc1cn2cc(Br)ccc2n1)NCc1ccccc1. The molecule has 0 unspecified atom stereocenters. The third-order valence-corrected chi connectivity index (χ3v) is 3.90. The minimum atomic E-state index is -0.166. The summed E-state index contributed by atoms with van der Waals surface area (Å²) in [5.74, 6) is 0. The summed E-state index contributed by atoms with van der Waals surface area (Å²) in [6.07, 6.45) is 4.63. The maximum Gasteiger partial charge on any atom is 0.315 e. The highest BCUT2D eigenvalue weighted by Gasteiger charge is 2.04. The topological polar surface area (TPSA) is 58.4 Å². The molecular formula is C17H17BrN4O. The number of rotatable bonds is 5. The van der Waals surface area contributed by atoms with Crippen molar-refractivity contribution in [1.29, 1.82) is 0 Å². The number of urea groups is 1. The van der Waals surface area contributed by atoms with Crippen LogP contribution in [0.2, 0.25) is 0 Å². The highest BCUT2D eigenvalue weighted by atomic mass is 79.9. The summed E-state index contributed by atoms with van der Waals surface area (Å²) in [6.45, 7) is 1.07. The molecule has 0 saturated heterocycles. The average molecular weight is 373 g/mol. The van der Waals surface area contributed by atoms with E-state index in [1.165, 1.54) is 0 Å². The van der Waals surface area contributed by atoms with E-state index in [1.54, 1.807) is 0 Å². The van der Waals surface area contributed by atoms with E-state index in [1.807, 2.05) is 59.3 Å². The summed E-state index contributed by atoms with van der Waals surface area (Å²) in [7, 11) is 0. The molecule has 0 fully saturated rings. The number of nitrogens with one attached hydrogen (secondary N) is 2. The van der Waals surface area contributed by atoms with Crippen molar-refractivity contribution in [1.82, 2.24) is 20.0 Å². The molecule has 118 valence electrons. The van der Waals surface area contributed by atoms with Crippen LogP contribution in [0.1, 0.15) is 11.3 Å². The molecule has 2 heterocycles. The lowest BCUT2D eigenvalue weighted by atomic mass is 10.2. The van der Waals surface area contributed by atoms with Crippen LogP contribution < -0.4 is 10.6 Å². The molecule has 3 rings (SSSR count). The van der Waals surface area contributed by atoms with E-state index in [-0.39, 0.29) is 6.03 Å². The van der Waals surface area contributed by atoms with Gasteiger partial charge in [0.25, 0.3) is 0 Å². The number of hydrogen-bond acceptors (Lipinski definition) is 2. The second-order valence-corrected chi connectivity index (χ2v) is 6.11. The third kappa shape index (κ3) is 4.32. The van der Waals surface area contributed by atoms with Gasteiger partial charge in [0.05, 0.1) is 5.69 Å². The summed E-state index contributed by atoms with van der Waals surface area (Å²) in [5.41, 5.74) is 2.93. The van der Waals surface area contributed by atoms with Gasteiger partial charge in [0.2, 0.25) is 0 Å². The molecule has 0 spiro atoms. The second kappa shape index (κ2) is 7.28. The molecular weight excluding hydrogens is 356 g/mol. The largest absolute Gasteiger partial charge is 0.338 e. The van der Waals surface area contributed by atoms with Crippen molar-refractivity contribution in [3.05, 3.63) is 70.6 Å². The predicted molar refractivity (Wildman–Crippen MR) is 93.3 cm³/mol. The van der Waals surface area contributed by atoms with Crippen molar-refractivity contribution in [2.75, 3.05) is 6.54 Å². The Morgan fingerprint density at radius 3 is 2.74 bits per heavy atom. The number of halogens is 1. The van der Waals surface area contributed by atoms with Gasteiger partial charge < -0.3 is 15.0 Å². The highest BCUT2D eigenvalue weighted by Crippen LogP contribution is 2.12. The summed E-state index contributed by atoms with van der Waals surface area (Å²) in [5, 5.41) is 5.69. The number of imidazole rings is 1. The number of amides is 2. The van der Waals surface area contributed by atoms with Gasteiger partial charge in [0, 0.05) is 36.4 Å². The minimum absolute atomic E-state index is 0.166. The molecule has 2 N–H and O–H groups in total. The number of carbonyl (C=O) groups excluding carboxylic acids is 1. The number of nitrogens with zero attached hydrogens (tertiary/aromatic N) is 2. The molecule has 0 atom stereocenters. The first-order valence-corrected chi connectivity index (χ1v) is 8.19. The molecule has 5 nitrogen and oxygen atoms in total. The third-order valence-electron chi connectivity index (χ3n) is 3.43. The van der Waals surface area contributed by atoms with Crippen LogP contribution >= 0.6 is 15.9 Å². The van der Waals surface area contributed by atoms with Gasteiger partial charge in [-0.15, -0.1) is 0 Å². The number of hydrogen-bond donors (Lipinski definition) is 2. The zero-order valence-corrected chi connectivity index (χ0v) is 14.1. The molecule has 0 aliphatic heterocycles. The van der Waals surface area contributed by atoms with Gasteiger partial charge in [-0.3, -0.25) is 0 Å². The van der Waals surface area contributed by atoms with Crippen LogP contribution in [-0.4, -0.2) is 22.0 Å². The van der Waals surface area contributed by atoms with Gasteiger partial charge in [0.1, 0.15) is 5.65 Å². The molecule has 23 heavy (non-hydrogen) atoms. The molecule has 3 aromatic rings. The van der Waals surface area contributed by atoms with Crippen LogP contribution in [0.25, 0.3) is 5.65 Å². The van der Waals surface area contributed by atoms with Crippen molar-refractivity contribution in [2.24, 2.45) is 0 Å². The van der Waals surface area contributed by atoms with Gasteiger partial charge in [-0.1, -0.05) is 30.3 Å². The van der Waals surface area contributed by atoms with Gasteiger partial charge >= 0.3 is 6.03 Å². The van der Waals surface area contributed by atoms with Crippen LogP contribution in [0.5, 0.6) is 0 Å². The maximum atomic E-state index is 11.8. The fourth-order valence-corrected chi connectivity index (χ4v) is 2.64. The number of aromatic nitrogens is 2. The molecule has 0 bridgehead atoms. The van der Waals surface area contributed by atoms with Gasteiger partial charge in [-0.25, -0.2) is 9.78 Å². The predicted octanol–water partition coefficient (Wildman–Crippen LogP) is 3.14. The smallest absolute Gasteiger partial charge is 0.315 e. The average Bonchev–Trinajstić information content (AvgIpc) is 2.95. The number of fused-ring (bicyclic) bond motifs is 1. The van der Waals surface area contributed by atoms with E-state index >= 15 is 0 Å². The fourth-order valence-electron chi connectivity index (χ4n) is 2.28. The van der Waals surface area contributed by atoms with Crippen molar-refractivity contribution < 1.29 is 4.79 Å². The Morgan fingerprint density at radius 2 is 1.91 bits per heavy atom. The quantitative estimate of drug-likeness (QED) is 0.722. The van der Waals surface area contributed by atoms with Crippen LogP contribution in [0, 0.1) is 0 Å². The van der Waals surface area contributed by atoms with Gasteiger partial charge in [-0.05, 0) is 33.6 Å². The fraction of sp³-hybridized carbons (Fsp3) is 0.176. The minimum Gasteiger partial charge on any atom is -0.338 e. The lowest BCUT2D eigenvalue weighted by molar-refractivity contribution is 0.240. The van der Waals surface area contributed by atoms with Crippen LogP contribution in [0.15, 0.2) is 59.3 Å². The monoisotopic (exact) mass is 372 g/mol. The van der Waals surface area contributed by atoms with E-state index < -0.39 is 0 Å². The van der Waals surface area contributed by atoms with Gasteiger partial charge in [-0.2, -0.15) is 0 Å².